The topological polar surface area (TPSA) is 50.2 Å². The molecule has 4 aromatic rings. The molecular weight excluding hydrogens is 358 g/mol. The Morgan fingerprint density at radius 1 is 0.958 bits per heavy atom. The van der Waals surface area contributed by atoms with E-state index in [1.807, 2.05) is 6.07 Å². The number of rotatable bonds is 3. The average Bonchev–Trinajstić information content (AvgIpc) is 3.22. The first-order chi connectivity index (χ1) is 11.5. The van der Waals surface area contributed by atoms with Crippen LogP contribution in [0.4, 0.5) is 0 Å². The number of hydrogen-bond donors (Lipinski definition) is 1. The van der Waals surface area contributed by atoms with E-state index in [1.54, 1.807) is 29.6 Å². The smallest absolute Gasteiger partial charge is 0.347 e. The van der Waals surface area contributed by atoms with E-state index in [0.29, 0.717) is 10.6 Å². The highest BCUT2D eigenvalue weighted by Gasteiger charge is 2.17. The molecule has 0 aliphatic rings. The van der Waals surface area contributed by atoms with E-state index in [-0.39, 0.29) is 0 Å². The van der Waals surface area contributed by atoms with Crippen LogP contribution in [0.15, 0.2) is 36.4 Å². The van der Waals surface area contributed by atoms with Crippen molar-refractivity contribution in [3.8, 4) is 19.6 Å². The summed E-state index contributed by atoms with van der Waals surface area (Å²) >= 11 is 4.68. The number of carboxylic acids is 1. The van der Waals surface area contributed by atoms with Crippen LogP contribution < -0.4 is 0 Å². The molecule has 0 bridgehead atoms. The number of aromatic nitrogens is 1. The summed E-state index contributed by atoms with van der Waals surface area (Å²) in [5, 5.41) is 11.2. The van der Waals surface area contributed by atoms with Crippen molar-refractivity contribution in [1.29, 1.82) is 0 Å². The van der Waals surface area contributed by atoms with Gasteiger partial charge in [0.15, 0.2) is 0 Å². The molecule has 1 N–H and O–H groups in total. The van der Waals surface area contributed by atoms with Gasteiger partial charge in [0.1, 0.15) is 9.88 Å². The number of aromatic carboxylic acids is 1. The van der Waals surface area contributed by atoms with Crippen molar-refractivity contribution < 1.29 is 9.90 Å². The predicted octanol–water partition coefficient (Wildman–Crippen LogP) is 6.07. The van der Waals surface area contributed by atoms with Gasteiger partial charge in [0, 0.05) is 14.5 Å². The summed E-state index contributed by atoms with van der Waals surface area (Å²) in [6.45, 7) is 3.84. The van der Waals surface area contributed by atoms with Gasteiger partial charge in [0.05, 0.1) is 10.6 Å². The fraction of sp³-hybridized carbons (Fsp3) is 0.111. The van der Waals surface area contributed by atoms with Crippen LogP contribution in [0.25, 0.3) is 29.7 Å². The fourth-order valence-corrected chi connectivity index (χ4v) is 5.66. The highest BCUT2D eigenvalue weighted by Crippen LogP contribution is 2.41. The molecule has 0 aliphatic carbocycles. The van der Waals surface area contributed by atoms with Crippen LogP contribution in [0.5, 0.6) is 0 Å². The lowest BCUT2D eigenvalue weighted by molar-refractivity contribution is 0.0701. The maximum Gasteiger partial charge on any atom is 0.347 e. The minimum Gasteiger partial charge on any atom is -0.477 e. The van der Waals surface area contributed by atoms with Gasteiger partial charge < -0.3 is 5.11 Å². The number of hydrogen-bond acceptors (Lipinski definition) is 5. The van der Waals surface area contributed by atoms with Crippen molar-refractivity contribution in [3.63, 3.8) is 0 Å². The zero-order valence-electron chi connectivity index (χ0n) is 13.0. The molecule has 0 amide bonds. The van der Waals surface area contributed by atoms with Crippen LogP contribution in [0, 0.1) is 13.8 Å². The predicted molar refractivity (Wildman–Crippen MR) is 103 cm³/mol. The Hall–Kier alpha value is -2.02. The summed E-state index contributed by atoms with van der Waals surface area (Å²) in [5.74, 6) is -0.909. The molecule has 6 heteroatoms. The zero-order chi connectivity index (χ0) is 16.8. The van der Waals surface area contributed by atoms with Gasteiger partial charge in [0.25, 0.3) is 0 Å². The molecule has 0 fully saturated rings. The molecule has 1 aromatic carbocycles. The first-order valence-electron chi connectivity index (χ1n) is 7.33. The third kappa shape index (κ3) is 2.66. The van der Waals surface area contributed by atoms with Gasteiger partial charge in [0.2, 0.25) is 0 Å². The van der Waals surface area contributed by atoms with E-state index in [1.165, 1.54) is 36.7 Å². The second kappa shape index (κ2) is 5.81. The van der Waals surface area contributed by atoms with Gasteiger partial charge in [-0.05, 0) is 43.5 Å². The molecule has 3 nitrogen and oxygen atoms in total. The average molecular weight is 372 g/mol. The Balaban J connectivity index is 1.73. The summed E-state index contributed by atoms with van der Waals surface area (Å²) in [6, 6.07) is 12.8. The number of thiazole rings is 1. The van der Waals surface area contributed by atoms with Gasteiger partial charge in [-0.25, -0.2) is 9.78 Å². The van der Waals surface area contributed by atoms with E-state index in [4.69, 9.17) is 0 Å². The molecule has 0 unspecified atom stereocenters. The number of thiophene rings is 2. The minimum atomic E-state index is -0.909. The van der Waals surface area contributed by atoms with Crippen LogP contribution in [-0.4, -0.2) is 16.1 Å². The quantitative estimate of drug-likeness (QED) is 0.475. The second-order valence-electron chi connectivity index (χ2n) is 5.55. The highest BCUT2D eigenvalue weighted by molar-refractivity contribution is 7.28. The number of carboxylic acid groups (broad SMARTS) is 1. The number of fused-ring (bicyclic) bond motifs is 1. The van der Waals surface area contributed by atoms with E-state index in [0.717, 1.165) is 9.88 Å². The van der Waals surface area contributed by atoms with Gasteiger partial charge in [-0.2, -0.15) is 0 Å². The molecule has 24 heavy (non-hydrogen) atoms. The van der Waals surface area contributed by atoms with E-state index in [9.17, 15) is 9.90 Å². The van der Waals surface area contributed by atoms with Gasteiger partial charge in [-0.1, -0.05) is 17.7 Å². The van der Waals surface area contributed by atoms with Crippen molar-refractivity contribution >= 4 is 50.1 Å². The van der Waals surface area contributed by atoms with Crippen molar-refractivity contribution in [2.45, 2.75) is 13.8 Å². The molecule has 0 spiro atoms. The number of carbonyl (C=O) groups is 1. The normalized spacial score (nSPS) is 11.2. The summed E-state index contributed by atoms with van der Waals surface area (Å²) in [6.07, 6.45) is 0. The lowest BCUT2D eigenvalue weighted by Gasteiger charge is -1.89. The van der Waals surface area contributed by atoms with Crippen molar-refractivity contribution in [2.24, 2.45) is 0 Å². The molecule has 120 valence electrons. The molecule has 0 aliphatic heterocycles. The number of nitrogens with zero attached hydrogens (tertiary/aromatic N) is 1. The molecule has 0 atom stereocenters. The Kier molecular flexibility index (Phi) is 3.75. The SMILES string of the molecule is Cc1ccc2sc(-c3ccc(-c4nc(C)c(C(=O)O)s4)s3)cc2c1. The van der Waals surface area contributed by atoms with Crippen LogP contribution in [0.3, 0.4) is 0 Å². The molecule has 0 saturated heterocycles. The van der Waals surface area contributed by atoms with Gasteiger partial charge >= 0.3 is 5.97 Å². The van der Waals surface area contributed by atoms with Crippen molar-refractivity contribution in [2.75, 3.05) is 0 Å². The first-order valence-corrected chi connectivity index (χ1v) is 9.78. The molecular formula is C18H13NO2S3. The van der Waals surface area contributed by atoms with Crippen LogP contribution in [0.2, 0.25) is 0 Å². The summed E-state index contributed by atoms with van der Waals surface area (Å²) < 4.78 is 1.28. The molecule has 3 heterocycles. The maximum atomic E-state index is 11.2. The Morgan fingerprint density at radius 3 is 2.50 bits per heavy atom. The van der Waals surface area contributed by atoms with Crippen molar-refractivity contribution in [3.05, 3.63) is 52.5 Å². The summed E-state index contributed by atoms with van der Waals surface area (Å²) in [5.41, 5.74) is 1.84. The molecule has 0 radical (unpaired) electrons. The second-order valence-corrected chi connectivity index (χ2v) is 8.72. The third-order valence-electron chi connectivity index (χ3n) is 3.72. The van der Waals surface area contributed by atoms with E-state index >= 15 is 0 Å². The van der Waals surface area contributed by atoms with Crippen LogP contribution >= 0.6 is 34.0 Å². The molecule has 3 aromatic heterocycles. The minimum absolute atomic E-state index is 0.317. The summed E-state index contributed by atoms with van der Waals surface area (Å²) in [7, 11) is 0. The fourth-order valence-electron chi connectivity index (χ4n) is 2.57. The van der Waals surface area contributed by atoms with E-state index in [2.05, 4.69) is 42.2 Å². The summed E-state index contributed by atoms with van der Waals surface area (Å²) in [4.78, 5) is 19.4. The molecule has 4 rings (SSSR count). The maximum absolute atomic E-state index is 11.2. The molecule has 0 saturated carbocycles. The Labute approximate surface area is 150 Å². The lowest BCUT2D eigenvalue weighted by Crippen LogP contribution is -1.94. The third-order valence-corrected chi connectivity index (χ3v) is 7.43. The Morgan fingerprint density at radius 2 is 1.75 bits per heavy atom. The monoisotopic (exact) mass is 371 g/mol. The Bertz CT molecular complexity index is 1070. The number of benzene rings is 1. The van der Waals surface area contributed by atoms with Crippen molar-refractivity contribution in [1.82, 2.24) is 4.98 Å². The van der Waals surface area contributed by atoms with E-state index < -0.39 is 5.97 Å². The largest absolute Gasteiger partial charge is 0.477 e. The van der Waals surface area contributed by atoms with Gasteiger partial charge in [-0.3, -0.25) is 0 Å². The standard InChI is InChI=1S/C18H13NO2S3/c1-9-3-4-12-11(7-9)8-15(22-12)13-5-6-14(23-13)17-19-10(2)16(24-17)18(20)21/h3-8H,1-2H3,(H,20,21). The van der Waals surface area contributed by atoms with Crippen LogP contribution in [-0.2, 0) is 0 Å². The van der Waals surface area contributed by atoms with Gasteiger partial charge in [-0.15, -0.1) is 34.0 Å². The lowest BCUT2D eigenvalue weighted by atomic mass is 10.2. The zero-order valence-corrected chi connectivity index (χ0v) is 15.4. The number of aryl methyl sites for hydroxylation is 2. The first kappa shape index (κ1) is 15.5. The van der Waals surface area contributed by atoms with Crippen LogP contribution in [0.1, 0.15) is 20.9 Å². The highest BCUT2D eigenvalue weighted by atomic mass is 32.1.